The van der Waals surface area contributed by atoms with E-state index in [1.165, 1.54) is 30.7 Å². The molecule has 0 amide bonds. The molecule has 0 aromatic carbocycles. The number of nitrogens with zero attached hydrogens (tertiary/aromatic N) is 1. The van der Waals surface area contributed by atoms with Crippen LogP contribution < -0.4 is 0 Å². The summed E-state index contributed by atoms with van der Waals surface area (Å²) in [5, 5.41) is 0. The van der Waals surface area contributed by atoms with Crippen LogP contribution in [-0.2, 0) is 10.1 Å². The van der Waals surface area contributed by atoms with Crippen LogP contribution in [0.5, 0.6) is 0 Å². The Kier molecular flexibility index (Phi) is 16.0. The average Bonchev–Trinajstić information content (AvgIpc) is 2.85. The van der Waals surface area contributed by atoms with Gasteiger partial charge in [0.05, 0.1) is 26.2 Å². The number of hydrogen-bond donors (Lipinski definition) is 0. The zero-order valence-corrected chi connectivity index (χ0v) is 20.9. The molecular formula is C19H30F13NO3S. The van der Waals surface area contributed by atoms with E-state index < -0.39 is 77.3 Å². The van der Waals surface area contributed by atoms with E-state index in [2.05, 4.69) is 27.7 Å². The summed E-state index contributed by atoms with van der Waals surface area (Å²) in [4.78, 5) is 0. The first-order chi connectivity index (χ1) is 16.6. The van der Waals surface area contributed by atoms with Crippen molar-refractivity contribution < 1.29 is 74.5 Å². The minimum Gasteiger partial charge on any atom is -0.746 e. The maximum atomic E-state index is 13.3. The predicted octanol–water partition coefficient (Wildman–Crippen LogP) is 5.32. The number of rotatable bonds is 15. The van der Waals surface area contributed by atoms with Crippen molar-refractivity contribution in [2.45, 2.75) is 94.9 Å². The molecule has 9 unspecified atom stereocenters. The summed E-state index contributed by atoms with van der Waals surface area (Å²) < 4.78 is 199. The van der Waals surface area contributed by atoms with Crippen molar-refractivity contribution in [1.29, 1.82) is 0 Å². The molecule has 9 atom stereocenters. The van der Waals surface area contributed by atoms with E-state index in [0.29, 0.717) is 0 Å². The highest BCUT2D eigenvalue weighted by Gasteiger charge is 2.59. The van der Waals surface area contributed by atoms with Crippen molar-refractivity contribution in [2.24, 2.45) is 0 Å². The molecule has 0 aliphatic heterocycles. The topological polar surface area (TPSA) is 57.2 Å². The van der Waals surface area contributed by atoms with Gasteiger partial charge < -0.3 is 9.04 Å². The first-order valence-electron chi connectivity index (χ1n) is 10.9. The third kappa shape index (κ3) is 10.2. The second-order valence-corrected chi connectivity index (χ2v) is 9.34. The molecule has 0 aromatic rings. The zero-order chi connectivity index (χ0) is 30.1. The quantitative estimate of drug-likeness (QED) is 0.146. The molecule has 0 aliphatic carbocycles. The summed E-state index contributed by atoms with van der Waals surface area (Å²) in [5.41, 5.74) is -4.98. The van der Waals surface area contributed by atoms with Crippen molar-refractivity contribution in [3.63, 3.8) is 0 Å². The normalized spacial score (nSPS) is 20.6. The molecule has 0 aliphatic rings. The molecule has 4 nitrogen and oxygen atoms in total. The van der Waals surface area contributed by atoms with E-state index in [1.807, 2.05) is 0 Å². The summed E-state index contributed by atoms with van der Waals surface area (Å²) in [6.45, 7) is 14.2. The van der Waals surface area contributed by atoms with Gasteiger partial charge in [0, 0.05) is 0 Å². The van der Waals surface area contributed by atoms with Gasteiger partial charge in [0.15, 0.2) is 43.2 Å². The minimum absolute atomic E-state index is 1.28. The molecule has 37 heavy (non-hydrogen) atoms. The molecule has 0 radical (unpaired) electrons. The molecular weight excluding hydrogens is 569 g/mol. The van der Waals surface area contributed by atoms with Gasteiger partial charge in [-0.25, -0.2) is 56.7 Å². The van der Waals surface area contributed by atoms with E-state index >= 15 is 0 Å². The first kappa shape index (κ1) is 38.1. The Morgan fingerprint density at radius 3 is 1.08 bits per heavy atom. The van der Waals surface area contributed by atoms with Crippen LogP contribution in [-0.4, -0.2) is 111 Å². The smallest absolute Gasteiger partial charge is 0.325 e. The minimum atomic E-state index is -6.63. The van der Waals surface area contributed by atoms with Gasteiger partial charge in [-0.1, -0.05) is 0 Å². The van der Waals surface area contributed by atoms with Crippen LogP contribution in [0.1, 0.15) is 27.7 Å². The molecule has 0 spiro atoms. The third-order valence-electron chi connectivity index (χ3n) is 5.95. The van der Waals surface area contributed by atoms with Gasteiger partial charge in [-0.2, -0.15) is 8.78 Å². The van der Waals surface area contributed by atoms with Gasteiger partial charge >= 0.3 is 5.92 Å². The van der Waals surface area contributed by atoms with Crippen molar-refractivity contribution in [2.75, 3.05) is 26.2 Å². The van der Waals surface area contributed by atoms with Crippen molar-refractivity contribution in [1.82, 2.24) is 0 Å². The molecule has 0 N–H and O–H groups in total. The van der Waals surface area contributed by atoms with Crippen LogP contribution in [0.3, 0.4) is 0 Å². The Balaban J connectivity index is 0. The Bertz CT molecular complexity index is 727. The van der Waals surface area contributed by atoms with Crippen LogP contribution in [0.25, 0.3) is 0 Å². The van der Waals surface area contributed by atoms with Gasteiger partial charge in [0.25, 0.3) is 11.9 Å². The van der Waals surface area contributed by atoms with Crippen molar-refractivity contribution in [3.8, 4) is 0 Å². The van der Waals surface area contributed by atoms with Gasteiger partial charge in [-0.3, -0.25) is 0 Å². The zero-order valence-electron chi connectivity index (χ0n) is 20.1. The summed E-state index contributed by atoms with van der Waals surface area (Å²) in [6, 6.07) is 0. The Labute approximate surface area is 206 Å². The molecule has 0 aromatic heterocycles. The molecule has 0 saturated carbocycles. The van der Waals surface area contributed by atoms with Crippen LogP contribution in [0, 0.1) is 0 Å². The van der Waals surface area contributed by atoms with Crippen LogP contribution >= 0.6 is 0 Å². The standard InChI is InChI=1S/C11H11F13O3S.C8H20N/c12-1(3(14)5(16)7(18)9(20)21)2(13)4(15)6(17)8(19)11(23,24)10(22)28(25,26)27;1-5-9(6-2,7-3)8-4/h1-10H,(H,25,26,27);5-8H2,1-4H3/q;+1/p-1. The van der Waals surface area contributed by atoms with Gasteiger partial charge in [-0.15, -0.1) is 0 Å². The highest BCUT2D eigenvalue weighted by atomic mass is 32.2. The lowest BCUT2D eigenvalue weighted by Gasteiger charge is -2.34. The molecule has 0 rings (SSSR count). The summed E-state index contributed by atoms with van der Waals surface area (Å²) in [5.74, 6) is -6.12. The average molecular weight is 599 g/mol. The lowest BCUT2D eigenvalue weighted by molar-refractivity contribution is -0.921. The maximum absolute atomic E-state index is 13.3. The van der Waals surface area contributed by atoms with Gasteiger partial charge in [-0.05, 0) is 27.7 Å². The van der Waals surface area contributed by atoms with E-state index in [-0.39, 0.29) is 0 Å². The number of alkyl halides is 13. The molecule has 0 saturated heterocycles. The van der Waals surface area contributed by atoms with E-state index in [0.717, 1.165) is 0 Å². The fourth-order valence-electron chi connectivity index (χ4n) is 3.05. The fourth-order valence-corrected chi connectivity index (χ4v) is 3.57. The van der Waals surface area contributed by atoms with Crippen LogP contribution in [0.4, 0.5) is 57.1 Å². The number of halogens is 13. The lowest BCUT2D eigenvalue weighted by Crippen LogP contribution is -2.53. The Morgan fingerprint density at radius 2 is 0.865 bits per heavy atom. The summed E-state index contributed by atoms with van der Waals surface area (Å²) >= 11 is 0. The first-order valence-corrected chi connectivity index (χ1v) is 12.3. The number of quaternary nitrogens is 1. The van der Waals surface area contributed by atoms with Crippen molar-refractivity contribution in [3.05, 3.63) is 0 Å². The van der Waals surface area contributed by atoms with Crippen LogP contribution in [0.2, 0.25) is 0 Å². The second kappa shape index (κ2) is 15.5. The molecule has 226 valence electrons. The third-order valence-corrected chi connectivity index (χ3v) is 6.77. The highest BCUT2D eigenvalue weighted by molar-refractivity contribution is 7.86. The second-order valence-electron chi connectivity index (χ2n) is 7.94. The van der Waals surface area contributed by atoms with Crippen molar-refractivity contribution >= 4 is 10.1 Å². The lowest BCUT2D eigenvalue weighted by atomic mass is 9.96. The molecule has 0 bridgehead atoms. The van der Waals surface area contributed by atoms with E-state index in [4.69, 9.17) is 0 Å². The van der Waals surface area contributed by atoms with Gasteiger partial charge in [0.2, 0.25) is 6.17 Å². The van der Waals surface area contributed by atoms with E-state index in [1.54, 1.807) is 0 Å². The Morgan fingerprint density at radius 1 is 0.595 bits per heavy atom. The maximum Gasteiger partial charge on any atom is 0.325 e. The molecule has 0 fully saturated rings. The molecule has 18 heteroatoms. The Hall–Kier alpha value is -1.04. The largest absolute Gasteiger partial charge is 0.746 e. The van der Waals surface area contributed by atoms with Gasteiger partial charge in [0.1, 0.15) is 10.1 Å². The van der Waals surface area contributed by atoms with E-state index in [9.17, 15) is 70.0 Å². The monoisotopic (exact) mass is 599 g/mol. The molecule has 0 heterocycles. The highest BCUT2D eigenvalue weighted by Crippen LogP contribution is 2.37. The predicted molar refractivity (Wildman–Crippen MR) is 107 cm³/mol. The SMILES string of the molecule is CC[N+](CC)(CC)CC.O=S(=O)([O-])C(F)C(F)(F)C(F)C(F)C(F)C(F)C(F)C(F)C(F)C(F)C(F)F. The summed E-state index contributed by atoms with van der Waals surface area (Å²) in [6.07, 6.45) is -39.4. The summed E-state index contributed by atoms with van der Waals surface area (Å²) in [7, 11) is -6.63. The number of hydrogen-bond acceptors (Lipinski definition) is 3. The fraction of sp³-hybridized carbons (Fsp3) is 1.00. The van der Waals surface area contributed by atoms with Crippen LogP contribution in [0.15, 0.2) is 0 Å².